The Bertz CT molecular complexity index is 488. The minimum absolute atomic E-state index is 0.103. The average Bonchev–Trinajstić information content (AvgIpc) is 2.81. The van der Waals surface area contributed by atoms with Crippen LogP contribution in [0.2, 0.25) is 0 Å². The van der Waals surface area contributed by atoms with E-state index < -0.39 is 0 Å². The number of ether oxygens (including phenoxy) is 2. The summed E-state index contributed by atoms with van der Waals surface area (Å²) in [5.74, 6) is 0.364. The lowest BCUT2D eigenvalue weighted by Gasteiger charge is -2.26. The Morgan fingerprint density at radius 1 is 0.667 bits per heavy atom. The van der Waals surface area contributed by atoms with Gasteiger partial charge in [0.1, 0.15) is 0 Å². The molecule has 0 aromatic heterocycles. The first-order valence-electron chi connectivity index (χ1n) is 14.4. The molecule has 0 aromatic rings. The quantitative estimate of drug-likeness (QED) is 0.133. The fourth-order valence-electron chi connectivity index (χ4n) is 4.80. The third kappa shape index (κ3) is 16.2. The summed E-state index contributed by atoms with van der Waals surface area (Å²) in [7, 11) is 0. The van der Waals surface area contributed by atoms with Crippen LogP contribution in [0.3, 0.4) is 0 Å². The lowest BCUT2D eigenvalue weighted by molar-refractivity contribution is -0.155. The van der Waals surface area contributed by atoms with Crippen LogP contribution >= 0.6 is 0 Å². The van der Waals surface area contributed by atoms with Gasteiger partial charge in [-0.25, -0.2) is 0 Å². The third-order valence-electron chi connectivity index (χ3n) is 7.00. The Kier molecular flexibility index (Phi) is 18.5. The molecule has 2 atom stereocenters. The van der Waals surface area contributed by atoms with Crippen LogP contribution in [0.25, 0.3) is 0 Å². The summed E-state index contributed by atoms with van der Waals surface area (Å²) in [5, 5.41) is 0. The molecule has 4 heteroatoms. The third-order valence-corrected chi connectivity index (χ3v) is 7.00. The molecular formula is C29H54O4. The highest BCUT2D eigenvalue weighted by molar-refractivity contribution is 5.76. The number of carbonyl (C=O) groups excluding carboxylic acids is 2. The average molecular weight is 467 g/mol. The highest BCUT2D eigenvalue weighted by atomic mass is 16.5. The van der Waals surface area contributed by atoms with Crippen molar-refractivity contribution in [3.63, 3.8) is 0 Å². The van der Waals surface area contributed by atoms with Gasteiger partial charge in [-0.3, -0.25) is 9.59 Å². The molecule has 1 saturated carbocycles. The molecule has 1 aliphatic carbocycles. The van der Waals surface area contributed by atoms with Crippen LogP contribution in [0.4, 0.5) is 0 Å². The maximum Gasteiger partial charge on any atom is 0.308 e. The van der Waals surface area contributed by atoms with Crippen molar-refractivity contribution in [2.75, 3.05) is 13.2 Å². The Labute approximate surface area is 205 Å². The first kappa shape index (κ1) is 30.0. The van der Waals surface area contributed by atoms with E-state index in [0.29, 0.717) is 19.6 Å². The number of carbonyl (C=O) groups is 2. The van der Waals surface area contributed by atoms with Gasteiger partial charge < -0.3 is 9.47 Å². The summed E-state index contributed by atoms with van der Waals surface area (Å²) in [6.45, 7) is 7.86. The van der Waals surface area contributed by atoms with Gasteiger partial charge in [-0.05, 0) is 38.0 Å². The minimum Gasteiger partial charge on any atom is -0.465 e. The molecule has 1 aliphatic rings. The van der Waals surface area contributed by atoms with Crippen molar-refractivity contribution in [1.82, 2.24) is 0 Å². The predicted octanol–water partition coefficient (Wildman–Crippen LogP) is 8.41. The zero-order valence-corrected chi connectivity index (χ0v) is 22.2. The van der Waals surface area contributed by atoms with Crippen LogP contribution < -0.4 is 0 Å². The van der Waals surface area contributed by atoms with Crippen LogP contribution in [0, 0.1) is 17.8 Å². The summed E-state index contributed by atoms with van der Waals surface area (Å²) in [6, 6.07) is 0. The number of rotatable bonds is 20. The summed E-state index contributed by atoms with van der Waals surface area (Å²) in [4.78, 5) is 24.9. The van der Waals surface area contributed by atoms with Crippen molar-refractivity contribution in [3.8, 4) is 0 Å². The predicted molar refractivity (Wildman–Crippen MR) is 137 cm³/mol. The molecule has 2 unspecified atom stereocenters. The fourth-order valence-corrected chi connectivity index (χ4v) is 4.80. The summed E-state index contributed by atoms with van der Waals surface area (Å²) >= 11 is 0. The van der Waals surface area contributed by atoms with E-state index in [4.69, 9.17) is 9.47 Å². The van der Waals surface area contributed by atoms with Crippen LogP contribution in [0.5, 0.6) is 0 Å². The highest BCUT2D eigenvalue weighted by Gasteiger charge is 2.32. The van der Waals surface area contributed by atoms with Gasteiger partial charge in [-0.1, -0.05) is 111 Å². The van der Waals surface area contributed by atoms with Crippen LogP contribution in [-0.4, -0.2) is 25.2 Å². The van der Waals surface area contributed by atoms with E-state index in [2.05, 4.69) is 20.8 Å². The topological polar surface area (TPSA) is 52.6 Å². The second kappa shape index (κ2) is 20.3. The maximum atomic E-state index is 12.5. The molecule has 0 aromatic carbocycles. The van der Waals surface area contributed by atoms with Gasteiger partial charge in [0.25, 0.3) is 0 Å². The fraction of sp³-hybridized carbons (Fsp3) is 0.931. The normalized spacial score (nSPS) is 18.4. The minimum atomic E-state index is -0.129. The Morgan fingerprint density at radius 2 is 1.09 bits per heavy atom. The lowest BCUT2D eigenvalue weighted by Crippen LogP contribution is -2.30. The van der Waals surface area contributed by atoms with Crippen molar-refractivity contribution < 1.29 is 19.1 Å². The molecule has 0 bridgehead atoms. The van der Waals surface area contributed by atoms with E-state index in [0.717, 1.165) is 50.9 Å². The van der Waals surface area contributed by atoms with Crippen molar-refractivity contribution >= 4 is 11.9 Å². The summed E-state index contributed by atoms with van der Waals surface area (Å²) < 4.78 is 11.0. The number of unbranched alkanes of at least 4 members (excludes halogenated alkanes) is 12. The lowest BCUT2D eigenvalue weighted by atomic mass is 9.81. The SMILES string of the molecule is CCCCCCCCOC(=O)C1CCCC(C(=O)OCCCCCCCCCCC(C)C)C1. The van der Waals surface area contributed by atoms with E-state index in [1.165, 1.54) is 70.6 Å². The van der Waals surface area contributed by atoms with Crippen molar-refractivity contribution in [2.24, 2.45) is 17.8 Å². The summed E-state index contributed by atoms with van der Waals surface area (Å²) in [6.07, 6.45) is 21.7. The number of esters is 2. The van der Waals surface area contributed by atoms with E-state index in [1.54, 1.807) is 0 Å². The molecule has 0 saturated heterocycles. The number of hydrogen-bond acceptors (Lipinski definition) is 4. The zero-order chi connectivity index (χ0) is 24.2. The van der Waals surface area contributed by atoms with E-state index >= 15 is 0 Å². The Balaban J connectivity index is 2.03. The molecule has 0 spiro atoms. The zero-order valence-electron chi connectivity index (χ0n) is 22.2. The van der Waals surface area contributed by atoms with Gasteiger partial charge in [0.05, 0.1) is 25.0 Å². The van der Waals surface area contributed by atoms with Crippen molar-refractivity contribution in [3.05, 3.63) is 0 Å². The largest absolute Gasteiger partial charge is 0.465 e. The smallest absolute Gasteiger partial charge is 0.308 e. The number of hydrogen-bond donors (Lipinski definition) is 0. The monoisotopic (exact) mass is 466 g/mol. The van der Waals surface area contributed by atoms with Gasteiger partial charge in [0.2, 0.25) is 0 Å². The molecule has 0 radical (unpaired) electrons. The molecule has 0 aliphatic heterocycles. The second-order valence-electron chi connectivity index (χ2n) is 10.7. The standard InChI is InChI=1S/C29H54O4/c1-4-5-6-7-13-16-22-32-28(30)26-20-18-21-27(24-26)29(31)33-23-17-14-11-9-8-10-12-15-19-25(2)3/h25-27H,4-24H2,1-3H3. The second-order valence-corrected chi connectivity index (χ2v) is 10.7. The molecule has 4 nitrogen and oxygen atoms in total. The molecule has 0 heterocycles. The first-order valence-corrected chi connectivity index (χ1v) is 14.4. The van der Waals surface area contributed by atoms with Crippen molar-refractivity contribution in [2.45, 2.75) is 143 Å². The van der Waals surface area contributed by atoms with Crippen molar-refractivity contribution in [1.29, 1.82) is 0 Å². The molecule has 33 heavy (non-hydrogen) atoms. The molecule has 1 fully saturated rings. The van der Waals surface area contributed by atoms with Gasteiger partial charge in [-0.2, -0.15) is 0 Å². The van der Waals surface area contributed by atoms with Gasteiger partial charge in [-0.15, -0.1) is 0 Å². The van der Waals surface area contributed by atoms with Crippen LogP contribution in [-0.2, 0) is 19.1 Å². The van der Waals surface area contributed by atoms with Crippen LogP contribution in [0.15, 0.2) is 0 Å². The highest BCUT2D eigenvalue weighted by Crippen LogP contribution is 2.31. The molecule has 0 amide bonds. The van der Waals surface area contributed by atoms with Gasteiger partial charge in [0.15, 0.2) is 0 Å². The maximum absolute atomic E-state index is 12.5. The van der Waals surface area contributed by atoms with Crippen LogP contribution in [0.1, 0.15) is 143 Å². The molecule has 1 rings (SSSR count). The van der Waals surface area contributed by atoms with Gasteiger partial charge in [0, 0.05) is 0 Å². The Hall–Kier alpha value is -1.06. The van der Waals surface area contributed by atoms with Gasteiger partial charge >= 0.3 is 11.9 Å². The molecule has 194 valence electrons. The van der Waals surface area contributed by atoms with E-state index in [-0.39, 0.29) is 23.8 Å². The summed E-state index contributed by atoms with van der Waals surface area (Å²) in [5.41, 5.74) is 0. The first-order chi connectivity index (χ1) is 16.0. The van der Waals surface area contributed by atoms with E-state index in [9.17, 15) is 9.59 Å². The molecule has 0 N–H and O–H groups in total. The molecular weight excluding hydrogens is 412 g/mol. The Morgan fingerprint density at radius 3 is 1.55 bits per heavy atom. The van der Waals surface area contributed by atoms with E-state index in [1.807, 2.05) is 0 Å².